The van der Waals surface area contributed by atoms with E-state index in [1.807, 2.05) is 0 Å². The summed E-state index contributed by atoms with van der Waals surface area (Å²) in [5.41, 5.74) is 5.42. The molecule has 8 heteroatoms. The summed E-state index contributed by atoms with van der Waals surface area (Å²) in [6, 6.07) is 2.88. The summed E-state index contributed by atoms with van der Waals surface area (Å²) in [5.74, 6) is -1.31. The molecule has 1 aromatic rings. The van der Waals surface area contributed by atoms with Crippen LogP contribution in [0, 0.1) is 5.82 Å². The van der Waals surface area contributed by atoms with Gasteiger partial charge in [-0.25, -0.2) is 12.8 Å². The van der Waals surface area contributed by atoms with Crippen LogP contribution in [0.4, 0.5) is 10.1 Å². The Morgan fingerprint density at radius 2 is 2.20 bits per heavy atom. The summed E-state index contributed by atoms with van der Waals surface area (Å²) >= 11 is 0. The van der Waals surface area contributed by atoms with Gasteiger partial charge in [-0.1, -0.05) is 6.07 Å². The van der Waals surface area contributed by atoms with Gasteiger partial charge in [-0.15, -0.1) is 0 Å². The first-order valence-corrected chi connectivity index (χ1v) is 7.61. The fourth-order valence-electron chi connectivity index (χ4n) is 2.37. The van der Waals surface area contributed by atoms with Crippen LogP contribution in [0.1, 0.15) is 12.8 Å². The highest BCUT2D eigenvalue weighted by Gasteiger charge is 2.40. The Morgan fingerprint density at radius 3 is 2.80 bits per heavy atom. The van der Waals surface area contributed by atoms with Gasteiger partial charge in [-0.05, 0) is 25.0 Å². The Hall–Kier alpha value is -1.67. The number of amides is 1. The maximum Gasteiger partial charge on any atom is 0.248 e. The van der Waals surface area contributed by atoms with Crippen molar-refractivity contribution in [2.45, 2.75) is 23.8 Å². The van der Waals surface area contributed by atoms with Crippen LogP contribution in [0.5, 0.6) is 0 Å². The van der Waals surface area contributed by atoms with E-state index in [1.165, 1.54) is 19.2 Å². The van der Waals surface area contributed by atoms with Crippen LogP contribution >= 0.6 is 0 Å². The molecule has 3 N–H and O–H groups in total. The number of nitrogen functional groups attached to an aromatic ring is 1. The number of nitrogens with zero attached hydrogens (tertiary/aromatic N) is 1. The van der Waals surface area contributed by atoms with Crippen LogP contribution < -0.4 is 11.1 Å². The zero-order valence-electron chi connectivity index (χ0n) is 11.0. The zero-order valence-corrected chi connectivity index (χ0v) is 11.8. The molecule has 1 fully saturated rings. The molecule has 0 aliphatic carbocycles. The van der Waals surface area contributed by atoms with E-state index in [1.54, 1.807) is 0 Å². The van der Waals surface area contributed by atoms with Crippen molar-refractivity contribution in [2.75, 3.05) is 19.3 Å². The molecule has 0 aromatic heterocycles. The van der Waals surface area contributed by atoms with E-state index >= 15 is 0 Å². The predicted molar refractivity (Wildman–Crippen MR) is 71.8 cm³/mol. The molecule has 1 amide bonds. The van der Waals surface area contributed by atoms with Gasteiger partial charge in [0.05, 0.1) is 5.69 Å². The molecule has 0 saturated carbocycles. The van der Waals surface area contributed by atoms with E-state index < -0.39 is 32.7 Å². The molecule has 6 nitrogen and oxygen atoms in total. The zero-order chi connectivity index (χ0) is 14.9. The van der Waals surface area contributed by atoms with Crippen LogP contribution in [-0.2, 0) is 14.8 Å². The lowest BCUT2D eigenvalue weighted by Crippen LogP contribution is -2.45. The lowest BCUT2D eigenvalue weighted by molar-refractivity contribution is -0.123. The number of carbonyl (C=O) groups is 1. The number of carbonyl (C=O) groups excluding carboxylic acids is 1. The lowest BCUT2D eigenvalue weighted by Gasteiger charge is -2.23. The highest BCUT2D eigenvalue weighted by atomic mass is 32.2. The molecule has 1 atom stereocenters. The molecule has 1 aliphatic rings. The number of anilines is 1. The molecule has 1 aliphatic heterocycles. The Kier molecular flexibility index (Phi) is 3.96. The minimum atomic E-state index is -4.13. The molecule has 1 unspecified atom stereocenters. The van der Waals surface area contributed by atoms with Gasteiger partial charge in [0.2, 0.25) is 15.9 Å². The SMILES string of the molecule is CNC(=O)C1CCCN1S(=O)(=O)c1c(N)cccc1F. The smallest absolute Gasteiger partial charge is 0.248 e. The van der Waals surface area contributed by atoms with E-state index in [4.69, 9.17) is 5.73 Å². The number of sulfonamides is 1. The van der Waals surface area contributed by atoms with Crippen molar-refractivity contribution >= 4 is 21.6 Å². The molecular weight excluding hydrogens is 285 g/mol. The van der Waals surface area contributed by atoms with Gasteiger partial charge >= 0.3 is 0 Å². The van der Waals surface area contributed by atoms with Crippen LogP contribution in [0.25, 0.3) is 0 Å². The molecule has 2 rings (SSSR count). The normalized spacial score (nSPS) is 20.0. The second-order valence-corrected chi connectivity index (χ2v) is 6.37. The van der Waals surface area contributed by atoms with Crippen molar-refractivity contribution in [1.82, 2.24) is 9.62 Å². The third kappa shape index (κ3) is 2.36. The molecule has 110 valence electrons. The molecule has 20 heavy (non-hydrogen) atoms. The Balaban J connectivity index is 2.47. The highest BCUT2D eigenvalue weighted by molar-refractivity contribution is 7.89. The van der Waals surface area contributed by atoms with Crippen molar-refractivity contribution in [1.29, 1.82) is 0 Å². The molecule has 1 heterocycles. The molecule has 0 spiro atoms. The van der Waals surface area contributed by atoms with Crippen LogP contribution in [0.3, 0.4) is 0 Å². The minimum Gasteiger partial charge on any atom is -0.398 e. The van der Waals surface area contributed by atoms with Crippen molar-refractivity contribution in [2.24, 2.45) is 0 Å². The molecule has 1 aromatic carbocycles. The Morgan fingerprint density at radius 1 is 1.50 bits per heavy atom. The molecule has 0 bridgehead atoms. The summed E-state index contributed by atoms with van der Waals surface area (Å²) in [6.45, 7) is 0.175. The fourth-order valence-corrected chi connectivity index (χ4v) is 4.19. The van der Waals surface area contributed by atoms with E-state index in [9.17, 15) is 17.6 Å². The van der Waals surface area contributed by atoms with Crippen molar-refractivity contribution in [3.63, 3.8) is 0 Å². The van der Waals surface area contributed by atoms with Crippen LogP contribution in [0.2, 0.25) is 0 Å². The number of nitrogens with one attached hydrogen (secondary N) is 1. The van der Waals surface area contributed by atoms with Gasteiger partial charge in [0.15, 0.2) is 0 Å². The molecular formula is C12H16FN3O3S. The van der Waals surface area contributed by atoms with Crippen LogP contribution in [0.15, 0.2) is 23.1 Å². The second-order valence-electron chi connectivity index (χ2n) is 4.55. The number of benzene rings is 1. The first-order chi connectivity index (χ1) is 9.39. The Bertz CT molecular complexity index is 613. The minimum absolute atomic E-state index is 0.160. The van der Waals surface area contributed by atoms with Gasteiger partial charge in [0.25, 0.3) is 0 Å². The predicted octanol–water partition coefficient (Wildman–Crippen LogP) is 0.307. The first kappa shape index (κ1) is 14.7. The topological polar surface area (TPSA) is 92.5 Å². The number of hydrogen-bond donors (Lipinski definition) is 2. The average Bonchev–Trinajstić information content (AvgIpc) is 2.87. The number of hydrogen-bond acceptors (Lipinski definition) is 4. The summed E-state index contributed by atoms with van der Waals surface area (Å²) in [4.78, 5) is 11.2. The van der Waals surface area contributed by atoms with Crippen molar-refractivity contribution < 1.29 is 17.6 Å². The van der Waals surface area contributed by atoms with Gasteiger partial charge in [-0.3, -0.25) is 4.79 Å². The summed E-state index contributed by atoms with van der Waals surface area (Å²) in [6.07, 6.45) is 0.957. The van der Waals surface area contributed by atoms with E-state index in [0.717, 1.165) is 10.4 Å². The maximum atomic E-state index is 13.8. The van der Waals surface area contributed by atoms with Crippen LogP contribution in [-0.4, -0.2) is 38.3 Å². The number of likely N-dealkylation sites (N-methyl/N-ethyl adjacent to an activating group) is 1. The number of nitrogens with two attached hydrogens (primary N) is 1. The lowest BCUT2D eigenvalue weighted by atomic mass is 10.2. The van der Waals surface area contributed by atoms with Gasteiger partial charge in [-0.2, -0.15) is 4.31 Å². The number of rotatable bonds is 3. The van der Waals surface area contributed by atoms with E-state index in [0.29, 0.717) is 12.8 Å². The first-order valence-electron chi connectivity index (χ1n) is 6.17. The van der Waals surface area contributed by atoms with Crippen molar-refractivity contribution in [3.8, 4) is 0 Å². The highest BCUT2D eigenvalue weighted by Crippen LogP contribution is 2.30. The standard InChI is InChI=1S/C12H16FN3O3S/c1-15-12(17)10-6-3-7-16(10)20(18,19)11-8(13)4-2-5-9(11)14/h2,4-5,10H,3,6-7,14H2,1H3,(H,15,17). The van der Waals surface area contributed by atoms with Gasteiger partial charge < -0.3 is 11.1 Å². The van der Waals surface area contributed by atoms with E-state index in [2.05, 4.69) is 5.32 Å². The summed E-state index contributed by atoms with van der Waals surface area (Å²) in [7, 11) is -2.70. The monoisotopic (exact) mass is 301 g/mol. The number of halogens is 1. The van der Waals surface area contributed by atoms with Gasteiger partial charge in [0, 0.05) is 13.6 Å². The summed E-state index contributed by atoms with van der Waals surface area (Å²) in [5, 5.41) is 2.42. The largest absolute Gasteiger partial charge is 0.398 e. The van der Waals surface area contributed by atoms with E-state index in [-0.39, 0.29) is 12.2 Å². The maximum absolute atomic E-state index is 13.8. The molecule has 0 radical (unpaired) electrons. The van der Waals surface area contributed by atoms with Crippen molar-refractivity contribution in [3.05, 3.63) is 24.0 Å². The fraction of sp³-hybridized carbons (Fsp3) is 0.417. The third-order valence-corrected chi connectivity index (χ3v) is 5.32. The average molecular weight is 301 g/mol. The quantitative estimate of drug-likeness (QED) is 0.786. The molecule has 1 saturated heterocycles. The van der Waals surface area contributed by atoms with Gasteiger partial charge in [0.1, 0.15) is 16.8 Å². The summed E-state index contributed by atoms with van der Waals surface area (Å²) < 4.78 is 39.9. The Labute approximate surface area is 116 Å². The second kappa shape index (κ2) is 5.37. The third-order valence-electron chi connectivity index (χ3n) is 3.32.